The lowest BCUT2D eigenvalue weighted by Gasteiger charge is -2.27. The molecule has 0 aliphatic heterocycles. The van der Waals surface area contributed by atoms with Gasteiger partial charge in [0.25, 0.3) is 0 Å². The van der Waals surface area contributed by atoms with Crippen LogP contribution in [0.3, 0.4) is 0 Å². The summed E-state index contributed by atoms with van der Waals surface area (Å²) in [6.45, 7) is 4.11. The molecule has 4 atom stereocenters. The number of rotatable bonds is 20. The lowest BCUT2D eigenvalue weighted by molar-refractivity contribution is -0.141. The molecule has 1 heterocycles. The van der Waals surface area contributed by atoms with Gasteiger partial charge >= 0.3 is 6.18 Å². The summed E-state index contributed by atoms with van der Waals surface area (Å²) >= 11 is 0. The second-order valence-corrected chi connectivity index (χ2v) is 13.2. The molecule has 3 aromatic rings. The van der Waals surface area contributed by atoms with Gasteiger partial charge in [-0.15, -0.1) is 0 Å². The molecule has 8 N–H and O–H groups in total. The van der Waals surface area contributed by atoms with Gasteiger partial charge in [0, 0.05) is 19.2 Å². The van der Waals surface area contributed by atoms with Gasteiger partial charge in [-0.1, -0.05) is 93.4 Å². The van der Waals surface area contributed by atoms with Crippen LogP contribution in [0.5, 0.6) is 0 Å². The highest BCUT2D eigenvalue weighted by Crippen LogP contribution is 2.27. The van der Waals surface area contributed by atoms with E-state index in [2.05, 4.69) is 26.3 Å². The zero-order valence-electron chi connectivity index (χ0n) is 29.6. The summed E-state index contributed by atoms with van der Waals surface area (Å²) < 4.78 is 38.8. The fourth-order valence-electron chi connectivity index (χ4n) is 5.49. The van der Waals surface area contributed by atoms with Gasteiger partial charge < -0.3 is 32.7 Å². The van der Waals surface area contributed by atoms with Gasteiger partial charge in [-0.05, 0) is 60.9 Å². The van der Waals surface area contributed by atoms with Gasteiger partial charge in [0.2, 0.25) is 23.6 Å². The summed E-state index contributed by atoms with van der Waals surface area (Å²) in [4.78, 5) is 57.6. The van der Waals surface area contributed by atoms with E-state index in [4.69, 9.17) is 11.5 Å². The first-order valence-corrected chi connectivity index (χ1v) is 17.5. The van der Waals surface area contributed by atoms with Crippen molar-refractivity contribution in [3.63, 3.8) is 0 Å². The van der Waals surface area contributed by atoms with E-state index in [1.807, 2.05) is 74.5 Å². The molecular formula is C38H50F3N7O4. The smallest absolute Gasteiger partial charge is 0.350 e. The zero-order chi connectivity index (χ0) is 38.1. The highest BCUT2D eigenvalue weighted by Gasteiger charge is 2.33. The lowest BCUT2D eigenvalue weighted by Crippen LogP contribution is -2.58. The molecule has 0 bridgehead atoms. The number of nitrogens with zero attached hydrogens (tertiary/aromatic N) is 1. The number of aromatic nitrogens is 1. The Hall–Kier alpha value is -4.82. The minimum Gasteiger partial charge on any atom is -0.350 e. The highest BCUT2D eigenvalue weighted by atomic mass is 19.4. The van der Waals surface area contributed by atoms with E-state index < -0.39 is 59.7 Å². The van der Waals surface area contributed by atoms with Crippen LogP contribution in [0.15, 0.2) is 79.0 Å². The van der Waals surface area contributed by atoms with E-state index in [-0.39, 0.29) is 38.1 Å². The maximum Gasteiger partial charge on any atom is 0.433 e. The molecule has 282 valence electrons. The standard InChI is InChI=1S/C38H50F3N7O4/c1-25(2)20-31(36(51)46-30(16-10-5-11-19-42)35(50)45-24-28-17-18-33(44-23-28)38(39,40)41)48-37(52)32(22-27-14-8-4-9-15-27)47-34(49)29(43)21-26-12-6-3-7-13-26/h3-4,6-9,12-15,17-18,23,25,29-32H,5,10-11,16,19-22,24,42-43H2,1-2H3,(H,45,50)(H,46,51)(H,47,49)(H,48,52)/t29-,30-,31-,32-/m1/s1. The van der Waals surface area contributed by atoms with E-state index in [1.165, 1.54) is 6.07 Å². The van der Waals surface area contributed by atoms with E-state index >= 15 is 0 Å². The molecule has 0 saturated heterocycles. The number of hydrogen-bond donors (Lipinski definition) is 6. The number of alkyl halides is 3. The third-order valence-corrected chi connectivity index (χ3v) is 8.30. The Labute approximate surface area is 302 Å². The Morgan fingerprint density at radius 1 is 0.692 bits per heavy atom. The Kier molecular flexibility index (Phi) is 16.7. The number of hydrogen-bond acceptors (Lipinski definition) is 7. The Balaban J connectivity index is 1.75. The number of halogens is 3. The fourth-order valence-corrected chi connectivity index (χ4v) is 5.49. The summed E-state index contributed by atoms with van der Waals surface area (Å²) in [6, 6.07) is 16.4. The molecule has 0 aliphatic rings. The molecule has 1 aromatic heterocycles. The molecule has 3 rings (SSSR count). The monoisotopic (exact) mass is 725 g/mol. The number of benzene rings is 2. The van der Waals surface area contributed by atoms with Gasteiger partial charge in [0.15, 0.2) is 0 Å². The SMILES string of the molecule is CC(C)C[C@@H](NC(=O)[C@@H](Cc1ccccc1)NC(=O)[C@H](N)Cc1ccccc1)C(=O)N[C@H](CCCCCN)C(=O)NCc1ccc(C(F)(F)F)nc1. The van der Waals surface area contributed by atoms with Gasteiger partial charge in [0.1, 0.15) is 23.8 Å². The van der Waals surface area contributed by atoms with E-state index in [1.54, 1.807) is 0 Å². The van der Waals surface area contributed by atoms with Crippen molar-refractivity contribution in [3.8, 4) is 0 Å². The summed E-state index contributed by atoms with van der Waals surface area (Å²) in [5.74, 6) is -2.30. The average Bonchev–Trinajstić information content (AvgIpc) is 3.11. The third kappa shape index (κ3) is 14.4. The molecule has 4 amide bonds. The maximum atomic E-state index is 13.9. The minimum atomic E-state index is -4.59. The Morgan fingerprint density at radius 3 is 1.83 bits per heavy atom. The molecule has 0 radical (unpaired) electrons. The van der Waals surface area contributed by atoms with Gasteiger partial charge in [-0.25, -0.2) is 0 Å². The molecule has 2 aromatic carbocycles. The van der Waals surface area contributed by atoms with Gasteiger partial charge in [0.05, 0.1) is 6.04 Å². The topological polar surface area (TPSA) is 181 Å². The van der Waals surface area contributed by atoms with Crippen molar-refractivity contribution >= 4 is 23.6 Å². The highest BCUT2D eigenvalue weighted by molar-refractivity contribution is 5.95. The van der Waals surface area contributed by atoms with Crippen LogP contribution in [-0.2, 0) is 44.7 Å². The van der Waals surface area contributed by atoms with Crippen LogP contribution < -0.4 is 32.7 Å². The molecule has 11 nitrogen and oxygen atoms in total. The molecule has 0 spiro atoms. The predicted molar refractivity (Wildman–Crippen MR) is 192 cm³/mol. The van der Waals surface area contributed by atoms with Crippen molar-refractivity contribution in [2.75, 3.05) is 6.54 Å². The van der Waals surface area contributed by atoms with E-state index in [9.17, 15) is 32.3 Å². The third-order valence-electron chi connectivity index (χ3n) is 8.30. The number of nitrogens with two attached hydrogens (primary N) is 2. The van der Waals surface area contributed by atoms with Gasteiger partial charge in [-0.3, -0.25) is 24.2 Å². The molecule has 0 unspecified atom stereocenters. The normalized spacial score (nSPS) is 13.8. The van der Waals surface area contributed by atoms with Crippen LogP contribution in [0.2, 0.25) is 0 Å². The summed E-state index contributed by atoms with van der Waals surface area (Å²) in [5.41, 5.74) is 12.8. The van der Waals surface area contributed by atoms with Crippen molar-refractivity contribution in [2.45, 2.75) is 95.7 Å². The second kappa shape index (κ2) is 20.9. The van der Waals surface area contributed by atoms with E-state index in [0.29, 0.717) is 24.9 Å². The molecule has 0 fully saturated rings. The van der Waals surface area contributed by atoms with Crippen LogP contribution in [0.4, 0.5) is 13.2 Å². The summed E-state index contributed by atoms with van der Waals surface area (Å²) in [7, 11) is 0. The quantitative estimate of drug-likeness (QED) is 0.0964. The molecule has 0 aliphatic carbocycles. The number of carbonyl (C=O) groups is 4. The largest absolute Gasteiger partial charge is 0.433 e. The molecule has 14 heteroatoms. The van der Waals surface area contributed by atoms with Crippen LogP contribution in [0.1, 0.15) is 68.3 Å². The van der Waals surface area contributed by atoms with Crippen LogP contribution in [-0.4, -0.2) is 59.3 Å². The number of pyridine rings is 1. The second-order valence-electron chi connectivity index (χ2n) is 13.2. The van der Waals surface area contributed by atoms with Crippen LogP contribution in [0, 0.1) is 5.92 Å². The number of amides is 4. The maximum absolute atomic E-state index is 13.9. The van der Waals surface area contributed by atoms with E-state index in [0.717, 1.165) is 29.8 Å². The minimum absolute atomic E-state index is 0.0403. The van der Waals surface area contributed by atoms with Gasteiger partial charge in [-0.2, -0.15) is 13.2 Å². The van der Waals surface area contributed by atoms with Crippen molar-refractivity contribution in [2.24, 2.45) is 17.4 Å². The lowest BCUT2D eigenvalue weighted by atomic mass is 9.99. The van der Waals surface area contributed by atoms with Crippen molar-refractivity contribution in [1.29, 1.82) is 0 Å². The zero-order valence-corrected chi connectivity index (χ0v) is 29.6. The number of carbonyl (C=O) groups excluding carboxylic acids is 4. The molecular weight excluding hydrogens is 675 g/mol. The van der Waals surface area contributed by atoms with Crippen molar-refractivity contribution in [3.05, 3.63) is 101 Å². The Morgan fingerprint density at radius 2 is 1.27 bits per heavy atom. The molecule has 52 heavy (non-hydrogen) atoms. The van der Waals surface area contributed by atoms with Crippen LogP contribution in [0.25, 0.3) is 0 Å². The summed E-state index contributed by atoms with van der Waals surface area (Å²) in [6.07, 6.45) is -0.684. The first-order chi connectivity index (χ1) is 24.8. The first-order valence-electron chi connectivity index (χ1n) is 17.5. The fraction of sp³-hybridized carbons (Fsp3) is 0.447. The summed E-state index contributed by atoms with van der Waals surface area (Å²) in [5, 5.41) is 11.0. The predicted octanol–water partition coefficient (Wildman–Crippen LogP) is 3.55. The number of nitrogens with one attached hydrogen (secondary N) is 4. The number of unbranched alkanes of at least 4 members (excludes halogenated alkanes) is 2. The first kappa shape index (κ1) is 41.6. The Bertz CT molecular complexity index is 1560. The van der Waals surface area contributed by atoms with Crippen molar-refractivity contribution < 1.29 is 32.3 Å². The van der Waals surface area contributed by atoms with Crippen molar-refractivity contribution in [1.82, 2.24) is 26.3 Å². The average molecular weight is 726 g/mol. The molecule has 0 saturated carbocycles. The van der Waals surface area contributed by atoms with Crippen LogP contribution >= 0.6 is 0 Å².